The molecule has 4 rings (SSSR count). The van der Waals surface area contributed by atoms with Crippen molar-refractivity contribution in [3.63, 3.8) is 0 Å². The van der Waals surface area contributed by atoms with Gasteiger partial charge in [0.2, 0.25) is 5.91 Å². The van der Waals surface area contributed by atoms with E-state index < -0.39 is 0 Å². The van der Waals surface area contributed by atoms with Crippen LogP contribution < -0.4 is 10.2 Å². The Bertz CT molecular complexity index is 1240. The summed E-state index contributed by atoms with van der Waals surface area (Å²) in [7, 11) is 3.71. The highest BCUT2D eigenvalue weighted by Gasteiger charge is 2.27. The van der Waals surface area contributed by atoms with Gasteiger partial charge < -0.3 is 10.2 Å². The fourth-order valence-corrected chi connectivity index (χ4v) is 4.84. The van der Waals surface area contributed by atoms with Crippen molar-refractivity contribution in [2.45, 2.75) is 46.7 Å². The maximum absolute atomic E-state index is 13.5. The molecule has 0 saturated carbocycles. The van der Waals surface area contributed by atoms with Gasteiger partial charge in [-0.15, -0.1) is 0 Å². The van der Waals surface area contributed by atoms with Crippen LogP contribution in [0.15, 0.2) is 54.9 Å². The summed E-state index contributed by atoms with van der Waals surface area (Å²) in [5.41, 5.74) is 6.35. The van der Waals surface area contributed by atoms with Crippen molar-refractivity contribution in [1.82, 2.24) is 25.1 Å². The lowest BCUT2D eigenvalue weighted by Crippen LogP contribution is -2.48. The first-order valence-electron chi connectivity index (χ1n) is 13.4. The van der Waals surface area contributed by atoms with Gasteiger partial charge in [-0.05, 0) is 54.0 Å². The standard InChI is InChI=1S/C30H40N6O2/c1-22(2)9-8-14-31-29(37)20-35(28-15-24(13-12-23(28)3)27-16-32-33(4)17-27)21-30(38)34(5)36-18-25-10-6-7-11-26(25)19-36/h6-7,10-13,15-17,22H,8-9,14,18-21H2,1-5H3,(H,31,37). The van der Waals surface area contributed by atoms with Crippen LogP contribution >= 0.6 is 0 Å². The Morgan fingerprint density at radius 3 is 2.39 bits per heavy atom. The first kappa shape index (κ1) is 27.4. The summed E-state index contributed by atoms with van der Waals surface area (Å²) in [5, 5.41) is 11.1. The van der Waals surface area contributed by atoms with Crippen molar-refractivity contribution in [3.8, 4) is 11.1 Å². The van der Waals surface area contributed by atoms with E-state index in [9.17, 15) is 9.59 Å². The summed E-state index contributed by atoms with van der Waals surface area (Å²) in [5.74, 6) is 0.465. The molecule has 202 valence electrons. The zero-order chi connectivity index (χ0) is 27.2. The minimum absolute atomic E-state index is 0.0587. The molecule has 0 aliphatic carbocycles. The fourth-order valence-electron chi connectivity index (χ4n) is 4.84. The topological polar surface area (TPSA) is 73.7 Å². The van der Waals surface area contributed by atoms with Crippen molar-refractivity contribution < 1.29 is 9.59 Å². The molecule has 3 aromatic rings. The summed E-state index contributed by atoms with van der Waals surface area (Å²) in [4.78, 5) is 28.4. The number of aromatic nitrogens is 2. The van der Waals surface area contributed by atoms with Gasteiger partial charge in [0.05, 0.1) is 19.3 Å². The predicted octanol–water partition coefficient (Wildman–Crippen LogP) is 4.14. The minimum Gasteiger partial charge on any atom is -0.355 e. The number of fused-ring (bicyclic) bond motifs is 1. The van der Waals surface area contributed by atoms with E-state index in [1.54, 1.807) is 9.69 Å². The molecular formula is C30H40N6O2. The number of benzene rings is 2. The van der Waals surface area contributed by atoms with E-state index >= 15 is 0 Å². The number of hydrogen-bond donors (Lipinski definition) is 1. The second-order valence-electron chi connectivity index (χ2n) is 10.7. The predicted molar refractivity (Wildman–Crippen MR) is 151 cm³/mol. The SMILES string of the molecule is Cc1ccc(-c2cnn(C)c2)cc1N(CC(=O)NCCCC(C)C)CC(=O)N(C)N1Cc2ccccc2C1. The smallest absolute Gasteiger partial charge is 0.256 e. The molecule has 1 aliphatic heterocycles. The number of rotatable bonds is 11. The average Bonchev–Trinajstić information content (AvgIpc) is 3.52. The van der Waals surface area contributed by atoms with Crippen molar-refractivity contribution in [2.24, 2.45) is 13.0 Å². The molecule has 2 aromatic carbocycles. The van der Waals surface area contributed by atoms with Crippen LogP contribution in [0.1, 0.15) is 43.4 Å². The molecule has 0 atom stereocenters. The lowest BCUT2D eigenvalue weighted by Gasteiger charge is -2.32. The van der Waals surface area contributed by atoms with E-state index in [1.807, 2.05) is 56.5 Å². The highest BCUT2D eigenvalue weighted by atomic mass is 16.2. The Labute approximate surface area is 226 Å². The molecule has 1 aromatic heterocycles. The summed E-state index contributed by atoms with van der Waals surface area (Å²) < 4.78 is 1.77. The van der Waals surface area contributed by atoms with Crippen LogP contribution in [0.3, 0.4) is 0 Å². The van der Waals surface area contributed by atoms with E-state index in [0.717, 1.165) is 35.2 Å². The molecule has 8 nitrogen and oxygen atoms in total. The minimum atomic E-state index is -0.0797. The Hall–Kier alpha value is -3.65. The van der Waals surface area contributed by atoms with Gasteiger partial charge in [-0.3, -0.25) is 19.3 Å². The van der Waals surface area contributed by atoms with E-state index in [-0.39, 0.29) is 24.9 Å². The number of nitrogens with one attached hydrogen (secondary N) is 1. The summed E-state index contributed by atoms with van der Waals surface area (Å²) in [6.45, 7) is 8.62. The van der Waals surface area contributed by atoms with E-state index in [0.29, 0.717) is 25.6 Å². The van der Waals surface area contributed by atoms with Crippen LogP contribution in [0, 0.1) is 12.8 Å². The largest absolute Gasteiger partial charge is 0.355 e. The fraction of sp³-hybridized carbons (Fsp3) is 0.433. The normalized spacial score (nSPS) is 13.0. The van der Waals surface area contributed by atoms with Gasteiger partial charge in [-0.2, -0.15) is 5.10 Å². The summed E-state index contributed by atoms with van der Waals surface area (Å²) in [6.07, 6.45) is 5.79. The number of hydrazine groups is 1. The van der Waals surface area contributed by atoms with Crippen LogP contribution in [0.5, 0.6) is 0 Å². The third-order valence-electron chi connectivity index (χ3n) is 7.14. The first-order valence-corrected chi connectivity index (χ1v) is 13.4. The summed E-state index contributed by atoms with van der Waals surface area (Å²) in [6, 6.07) is 14.4. The second kappa shape index (κ2) is 12.3. The highest BCUT2D eigenvalue weighted by molar-refractivity contribution is 5.87. The number of carbonyl (C=O) groups is 2. The van der Waals surface area contributed by atoms with E-state index in [4.69, 9.17) is 0 Å². The Kier molecular flexibility index (Phi) is 8.84. The molecular weight excluding hydrogens is 476 g/mol. The van der Waals surface area contributed by atoms with Crippen LogP contribution in [0.25, 0.3) is 11.1 Å². The number of hydrogen-bond acceptors (Lipinski definition) is 5. The number of anilines is 1. The van der Waals surface area contributed by atoms with Gasteiger partial charge in [-0.1, -0.05) is 50.2 Å². The maximum Gasteiger partial charge on any atom is 0.256 e. The summed E-state index contributed by atoms with van der Waals surface area (Å²) >= 11 is 0. The van der Waals surface area contributed by atoms with Gasteiger partial charge in [0, 0.05) is 51.2 Å². The molecule has 0 radical (unpaired) electrons. The van der Waals surface area contributed by atoms with Crippen LogP contribution in [-0.4, -0.2) is 58.3 Å². The van der Waals surface area contributed by atoms with Gasteiger partial charge in [0.25, 0.3) is 5.91 Å². The van der Waals surface area contributed by atoms with Gasteiger partial charge in [0.1, 0.15) is 0 Å². The third kappa shape index (κ3) is 6.81. The monoisotopic (exact) mass is 516 g/mol. The van der Waals surface area contributed by atoms with Gasteiger partial charge >= 0.3 is 0 Å². The molecule has 8 heteroatoms. The number of amides is 2. The Balaban J connectivity index is 1.52. The molecule has 0 spiro atoms. The van der Waals surface area contributed by atoms with Crippen molar-refractivity contribution in [1.29, 1.82) is 0 Å². The van der Waals surface area contributed by atoms with Gasteiger partial charge in [-0.25, -0.2) is 5.01 Å². The molecule has 0 saturated heterocycles. The Morgan fingerprint density at radius 2 is 1.76 bits per heavy atom. The van der Waals surface area contributed by atoms with E-state index in [2.05, 4.69) is 53.5 Å². The Morgan fingerprint density at radius 1 is 1.05 bits per heavy atom. The number of likely N-dealkylation sites (N-methyl/N-ethyl adjacent to an activating group) is 1. The zero-order valence-corrected chi connectivity index (χ0v) is 23.3. The molecule has 0 unspecified atom stereocenters. The van der Waals surface area contributed by atoms with Crippen LogP contribution in [0.2, 0.25) is 0 Å². The van der Waals surface area contributed by atoms with Crippen LogP contribution in [-0.2, 0) is 29.7 Å². The first-order chi connectivity index (χ1) is 18.2. The van der Waals surface area contributed by atoms with Crippen molar-refractivity contribution >= 4 is 17.5 Å². The molecule has 1 N–H and O–H groups in total. The molecule has 1 aliphatic rings. The molecule has 2 heterocycles. The lowest BCUT2D eigenvalue weighted by molar-refractivity contribution is -0.145. The number of nitrogens with zero attached hydrogens (tertiary/aromatic N) is 5. The molecule has 2 amide bonds. The van der Waals surface area contributed by atoms with Gasteiger partial charge in [0.15, 0.2) is 0 Å². The quantitative estimate of drug-likeness (QED) is 0.388. The number of aryl methyl sites for hydroxylation is 2. The number of carbonyl (C=O) groups excluding carboxylic acids is 2. The molecule has 0 bridgehead atoms. The third-order valence-corrected chi connectivity index (χ3v) is 7.14. The molecule has 38 heavy (non-hydrogen) atoms. The lowest BCUT2D eigenvalue weighted by atomic mass is 10.0. The highest BCUT2D eigenvalue weighted by Crippen LogP contribution is 2.28. The van der Waals surface area contributed by atoms with E-state index in [1.165, 1.54) is 11.1 Å². The second-order valence-corrected chi connectivity index (χ2v) is 10.7. The van der Waals surface area contributed by atoms with Crippen LogP contribution in [0.4, 0.5) is 5.69 Å². The zero-order valence-electron chi connectivity index (χ0n) is 23.3. The molecule has 0 fully saturated rings. The van der Waals surface area contributed by atoms with Crippen molar-refractivity contribution in [2.75, 3.05) is 31.6 Å². The van der Waals surface area contributed by atoms with Crippen molar-refractivity contribution in [3.05, 3.63) is 71.5 Å². The maximum atomic E-state index is 13.5. The average molecular weight is 517 g/mol.